The van der Waals surface area contributed by atoms with E-state index >= 15 is 0 Å². The second-order valence-electron chi connectivity index (χ2n) is 16.1. The van der Waals surface area contributed by atoms with Crippen LogP contribution in [0.1, 0.15) is 194 Å². The second-order valence-corrected chi connectivity index (χ2v) is 17.2. The van der Waals surface area contributed by atoms with Gasteiger partial charge in [0.2, 0.25) is 5.91 Å². The Morgan fingerprint density at radius 3 is 1.58 bits per heavy atom. The van der Waals surface area contributed by atoms with Crippen LogP contribution < -0.4 is 5.32 Å². The predicted molar refractivity (Wildman–Crippen MR) is 224 cm³/mol. The summed E-state index contributed by atoms with van der Waals surface area (Å²) < 4.78 is 47.4. The van der Waals surface area contributed by atoms with Crippen molar-refractivity contribution in [3.05, 3.63) is 12.2 Å². The van der Waals surface area contributed by atoms with Crippen LogP contribution in [0, 0.1) is 0 Å². The van der Waals surface area contributed by atoms with Gasteiger partial charge in [0.05, 0.1) is 25.4 Å². The smallest absolute Gasteiger partial charge is 0.394 e. The van der Waals surface area contributed by atoms with Gasteiger partial charge in [-0.3, -0.25) is 9.35 Å². The van der Waals surface area contributed by atoms with Crippen LogP contribution in [0.3, 0.4) is 0 Å². The van der Waals surface area contributed by atoms with Gasteiger partial charge in [0.15, 0.2) is 6.29 Å². The maximum atomic E-state index is 13.1. The molecule has 8 atom stereocenters. The fraction of sp³-hybridized carbons (Fsp3) is 0.930. The zero-order chi connectivity index (χ0) is 42.2. The average Bonchev–Trinajstić information content (AvgIpc) is 3.18. The van der Waals surface area contributed by atoms with E-state index in [4.69, 9.17) is 14.0 Å². The highest BCUT2D eigenvalue weighted by Crippen LogP contribution is 2.26. The molecule has 0 aromatic heterocycles. The van der Waals surface area contributed by atoms with Crippen molar-refractivity contribution in [2.75, 3.05) is 13.2 Å². The third-order valence-electron chi connectivity index (χ3n) is 10.9. The Hall–Kier alpha value is -1.20. The normalized spacial score (nSPS) is 21.9. The molecule has 0 bridgehead atoms. The van der Waals surface area contributed by atoms with Crippen molar-refractivity contribution in [3.63, 3.8) is 0 Å². The molecule has 1 aliphatic heterocycles. The molecule has 0 aromatic rings. The Labute approximate surface area is 345 Å². The summed E-state index contributed by atoms with van der Waals surface area (Å²) in [7, 11) is -5.11. The number of carbonyl (C=O) groups excluding carboxylic acids is 1. The molecule has 1 fully saturated rings. The molecule has 14 heteroatoms. The van der Waals surface area contributed by atoms with Crippen LogP contribution in [-0.4, -0.2) is 107 Å². The van der Waals surface area contributed by atoms with Gasteiger partial charge >= 0.3 is 10.4 Å². The molecule has 1 rings (SSSR count). The minimum atomic E-state index is -5.11. The first kappa shape index (κ1) is 53.8. The summed E-state index contributed by atoms with van der Waals surface area (Å²) in [5.41, 5.74) is 0. The summed E-state index contributed by atoms with van der Waals surface area (Å²) in [4.78, 5) is 13.1. The fourth-order valence-corrected chi connectivity index (χ4v) is 7.79. The molecule has 57 heavy (non-hydrogen) atoms. The van der Waals surface area contributed by atoms with Gasteiger partial charge in [-0.25, -0.2) is 4.18 Å². The lowest BCUT2D eigenvalue weighted by Gasteiger charge is -2.41. The number of amides is 1. The van der Waals surface area contributed by atoms with Crippen molar-refractivity contribution in [2.45, 2.75) is 243 Å². The van der Waals surface area contributed by atoms with Crippen molar-refractivity contribution in [3.8, 4) is 0 Å². The second kappa shape index (κ2) is 34.5. The van der Waals surface area contributed by atoms with Crippen LogP contribution in [0.2, 0.25) is 0 Å². The SMILES string of the molecule is CCCCCCCCCCCCC/C=C/C(O)C(COC1OC(CO)C(O)C(OS(=O)(=O)O)C1O)NC(=O)C(O)CCCCCCCCCCCCCCCCC. The number of hydrogen-bond acceptors (Lipinski definition) is 11. The maximum Gasteiger partial charge on any atom is 0.397 e. The summed E-state index contributed by atoms with van der Waals surface area (Å²) in [5, 5.41) is 55.1. The summed E-state index contributed by atoms with van der Waals surface area (Å²) in [6, 6.07) is -1.11. The molecule has 1 aliphatic rings. The van der Waals surface area contributed by atoms with Crippen molar-refractivity contribution < 1.29 is 57.0 Å². The quantitative estimate of drug-likeness (QED) is 0.0185. The molecule has 1 heterocycles. The van der Waals surface area contributed by atoms with E-state index in [-0.39, 0.29) is 6.42 Å². The van der Waals surface area contributed by atoms with Gasteiger partial charge in [-0.15, -0.1) is 0 Å². The van der Waals surface area contributed by atoms with Crippen molar-refractivity contribution in [1.82, 2.24) is 5.32 Å². The fourth-order valence-electron chi connectivity index (χ4n) is 7.28. The summed E-state index contributed by atoms with van der Waals surface area (Å²) in [6.07, 6.45) is 24.4. The third kappa shape index (κ3) is 27.3. The number of nitrogens with one attached hydrogen (secondary N) is 1. The lowest BCUT2D eigenvalue weighted by molar-refractivity contribution is -0.298. The summed E-state index contributed by atoms with van der Waals surface area (Å²) in [6.45, 7) is 3.21. The number of ether oxygens (including phenoxy) is 2. The number of aliphatic hydroxyl groups is 5. The van der Waals surface area contributed by atoms with Gasteiger partial charge in [0.1, 0.15) is 30.5 Å². The largest absolute Gasteiger partial charge is 0.397 e. The zero-order valence-electron chi connectivity index (χ0n) is 35.5. The molecule has 0 aliphatic carbocycles. The number of aliphatic hydroxyl groups excluding tert-OH is 5. The van der Waals surface area contributed by atoms with E-state index in [2.05, 4.69) is 23.3 Å². The molecule has 0 radical (unpaired) electrons. The van der Waals surface area contributed by atoms with Gasteiger partial charge in [-0.2, -0.15) is 8.42 Å². The van der Waals surface area contributed by atoms with Crippen LogP contribution in [0.25, 0.3) is 0 Å². The molecule has 0 saturated carbocycles. The van der Waals surface area contributed by atoms with Crippen LogP contribution in [0.15, 0.2) is 12.2 Å². The van der Waals surface area contributed by atoms with Crippen LogP contribution in [-0.2, 0) is 28.9 Å². The molecular weight excluding hydrogens is 755 g/mol. The van der Waals surface area contributed by atoms with E-state index in [0.717, 1.165) is 38.5 Å². The maximum absolute atomic E-state index is 13.1. The van der Waals surface area contributed by atoms with E-state index in [1.54, 1.807) is 0 Å². The first-order valence-electron chi connectivity index (χ1n) is 22.7. The Balaban J connectivity index is 2.60. The number of allylic oxidation sites excluding steroid dienone is 1. The summed E-state index contributed by atoms with van der Waals surface area (Å²) in [5.74, 6) is -0.701. The minimum Gasteiger partial charge on any atom is -0.394 e. The van der Waals surface area contributed by atoms with E-state index in [1.807, 2.05) is 6.08 Å². The number of unbranched alkanes of at least 4 members (excludes halogenated alkanes) is 25. The number of rotatable bonds is 38. The molecule has 8 unspecified atom stereocenters. The standard InChI is InChI=1S/C43H83NO12S/c1-3-5-7-9-11-13-15-17-18-20-22-24-26-28-30-32-37(47)42(50)44-35(36(46)31-29-27-25-23-21-19-16-14-12-10-8-6-4-2)34-54-43-40(49)41(56-57(51,52)53)39(48)38(33-45)55-43/h29,31,35-41,43,45-49H,3-28,30,32-34H2,1-2H3,(H,44,50)(H,51,52,53)/b31-29+. The molecular formula is C43H83NO12S. The lowest BCUT2D eigenvalue weighted by Crippen LogP contribution is -2.61. The molecule has 338 valence electrons. The summed E-state index contributed by atoms with van der Waals surface area (Å²) >= 11 is 0. The average molecular weight is 838 g/mol. The van der Waals surface area contributed by atoms with Crippen LogP contribution >= 0.6 is 0 Å². The van der Waals surface area contributed by atoms with Gasteiger partial charge < -0.3 is 40.3 Å². The number of hydrogen-bond donors (Lipinski definition) is 7. The highest BCUT2D eigenvalue weighted by molar-refractivity contribution is 7.80. The van der Waals surface area contributed by atoms with Gasteiger partial charge in [0, 0.05) is 0 Å². The monoisotopic (exact) mass is 838 g/mol. The van der Waals surface area contributed by atoms with Crippen molar-refractivity contribution >= 4 is 16.3 Å². The number of carbonyl (C=O) groups is 1. The molecule has 1 saturated heterocycles. The molecule has 7 N–H and O–H groups in total. The van der Waals surface area contributed by atoms with Gasteiger partial charge in [-0.1, -0.05) is 187 Å². The van der Waals surface area contributed by atoms with E-state index in [1.165, 1.54) is 128 Å². The Bertz CT molecular complexity index is 1100. The molecule has 0 aromatic carbocycles. The molecule has 13 nitrogen and oxygen atoms in total. The van der Waals surface area contributed by atoms with E-state index < -0.39 is 78.5 Å². The minimum absolute atomic E-state index is 0.248. The zero-order valence-corrected chi connectivity index (χ0v) is 36.3. The predicted octanol–water partition coefficient (Wildman–Crippen LogP) is 7.36. The van der Waals surface area contributed by atoms with Crippen LogP contribution in [0.4, 0.5) is 0 Å². The van der Waals surface area contributed by atoms with E-state index in [0.29, 0.717) is 12.8 Å². The van der Waals surface area contributed by atoms with Crippen molar-refractivity contribution in [1.29, 1.82) is 0 Å². The lowest BCUT2D eigenvalue weighted by atomic mass is 9.99. The van der Waals surface area contributed by atoms with E-state index in [9.17, 15) is 38.7 Å². The highest BCUT2D eigenvalue weighted by Gasteiger charge is 2.48. The first-order chi connectivity index (χ1) is 27.4. The molecule has 1 amide bonds. The molecule has 0 spiro atoms. The third-order valence-corrected chi connectivity index (χ3v) is 11.4. The Morgan fingerprint density at radius 1 is 0.702 bits per heavy atom. The van der Waals surface area contributed by atoms with Crippen molar-refractivity contribution in [2.24, 2.45) is 0 Å². The van der Waals surface area contributed by atoms with Gasteiger partial charge in [0.25, 0.3) is 0 Å². The van der Waals surface area contributed by atoms with Gasteiger partial charge in [-0.05, 0) is 19.3 Å². The first-order valence-corrected chi connectivity index (χ1v) is 24.0. The highest BCUT2D eigenvalue weighted by atomic mass is 32.3. The Kier molecular flexibility index (Phi) is 32.6. The van der Waals surface area contributed by atoms with Crippen LogP contribution in [0.5, 0.6) is 0 Å². The Morgan fingerprint density at radius 2 is 1.14 bits per heavy atom. The topological polar surface area (TPSA) is 212 Å².